The number of benzene rings is 1. The molecule has 132 valence electrons. The monoisotopic (exact) mass is 341 g/mol. The number of carbonyl (C=O) groups is 1. The molecule has 0 fully saturated rings. The predicted octanol–water partition coefficient (Wildman–Crippen LogP) is 3.60. The van der Waals surface area contributed by atoms with Gasteiger partial charge in [0, 0.05) is 19.2 Å². The fourth-order valence-electron chi connectivity index (χ4n) is 2.32. The van der Waals surface area contributed by atoms with E-state index in [1.165, 1.54) is 0 Å². The Morgan fingerprint density at radius 1 is 1.24 bits per heavy atom. The van der Waals surface area contributed by atoms with E-state index in [9.17, 15) is 4.79 Å². The van der Waals surface area contributed by atoms with Gasteiger partial charge in [0.25, 0.3) is 0 Å². The van der Waals surface area contributed by atoms with Crippen molar-refractivity contribution in [2.24, 2.45) is 0 Å². The van der Waals surface area contributed by atoms with Gasteiger partial charge in [0.1, 0.15) is 12.4 Å². The number of aromatic nitrogens is 1. The van der Waals surface area contributed by atoms with Crippen LogP contribution >= 0.6 is 0 Å². The lowest BCUT2D eigenvalue weighted by Crippen LogP contribution is -2.26. The highest BCUT2D eigenvalue weighted by Crippen LogP contribution is 2.15. The molecule has 1 aromatic heterocycles. The molecule has 0 aliphatic carbocycles. The summed E-state index contributed by atoms with van der Waals surface area (Å²) in [6.45, 7) is 4.60. The zero-order chi connectivity index (χ0) is 18.1. The first-order chi connectivity index (χ1) is 12.1. The second-order valence-corrected chi connectivity index (χ2v) is 5.54. The normalized spacial score (nSPS) is 12.6. The van der Waals surface area contributed by atoms with Gasteiger partial charge in [-0.3, -0.25) is 4.98 Å². The smallest absolute Gasteiger partial charge is 0.333 e. The van der Waals surface area contributed by atoms with Crippen LogP contribution in [-0.2, 0) is 16.0 Å². The quantitative estimate of drug-likeness (QED) is 0.755. The molecule has 1 N–H and O–H groups in total. The van der Waals surface area contributed by atoms with Crippen molar-refractivity contribution < 1.29 is 19.4 Å². The number of rotatable bonds is 9. The van der Waals surface area contributed by atoms with E-state index in [0.717, 1.165) is 22.6 Å². The van der Waals surface area contributed by atoms with Gasteiger partial charge >= 0.3 is 5.97 Å². The van der Waals surface area contributed by atoms with Crippen molar-refractivity contribution in [2.75, 3.05) is 13.2 Å². The largest absolute Gasteiger partial charge is 0.490 e. The maximum Gasteiger partial charge on any atom is 0.333 e. The second kappa shape index (κ2) is 9.59. The number of aliphatic carboxylic acids is 1. The van der Waals surface area contributed by atoms with Crippen molar-refractivity contribution in [3.05, 3.63) is 66.0 Å². The topological polar surface area (TPSA) is 68.7 Å². The summed E-state index contributed by atoms with van der Waals surface area (Å²) in [7, 11) is 0. The molecule has 0 saturated heterocycles. The fraction of sp³-hybridized carbons (Fsp3) is 0.300. The summed E-state index contributed by atoms with van der Waals surface area (Å²) >= 11 is 0. The van der Waals surface area contributed by atoms with Gasteiger partial charge in [0.15, 0.2) is 6.10 Å². The molecule has 1 heterocycles. The Hall–Kier alpha value is -2.66. The van der Waals surface area contributed by atoms with Crippen LogP contribution in [0.5, 0.6) is 5.75 Å². The van der Waals surface area contributed by atoms with Crippen molar-refractivity contribution in [1.29, 1.82) is 0 Å². The predicted molar refractivity (Wildman–Crippen MR) is 96.6 cm³/mol. The third-order valence-corrected chi connectivity index (χ3v) is 3.70. The number of hydrogen-bond acceptors (Lipinski definition) is 4. The van der Waals surface area contributed by atoms with E-state index in [4.69, 9.17) is 14.6 Å². The molecule has 0 aliphatic heterocycles. The van der Waals surface area contributed by atoms with Crippen LogP contribution in [0, 0.1) is 0 Å². The van der Waals surface area contributed by atoms with Crippen molar-refractivity contribution >= 4 is 11.5 Å². The molecule has 5 heteroatoms. The molecule has 2 rings (SSSR count). The maximum atomic E-state index is 11.1. The molecule has 0 aliphatic rings. The molecular formula is C20H23NO4. The van der Waals surface area contributed by atoms with Crippen LogP contribution in [0.3, 0.4) is 0 Å². The highest BCUT2D eigenvalue weighted by atomic mass is 16.5. The highest BCUT2D eigenvalue weighted by Gasteiger charge is 2.17. The molecule has 1 aromatic carbocycles. The van der Waals surface area contributed by atoms with Crippen LogP contribution in [0.1, 0.15) is 25.1 Å². The molecule has 0 spiro atoms. The zero-order valence-corrected chi connectivity index (χ0v) is 14.5. The Labute approximate surface area is 147 Å². The standard InChI is InChI=1S/C20H23NO4/c1-3-24-19(20(22)23)14-16-7-9-17(10-8-16)25-13-11-15(2)18-6-4-5-12-21-18/h4-12,19H,3,13-14H2,1-2H3,(H,22,23)/t19-/m0/s1. The lowest BCUT2D eigenvalue weighted by atomic mass is 10.1. The third kappa shape index (κ3) is 6.04. The molecule has 25 heavy (non-hydrogen) atoms. The number of ether oxygens (including phenoxy) is 2. The Balaban J connectivity index is 1.89. The molecule has 1 atom stereocenters. The SMILES string of the molecule is CCO[C@@H](Cc1ccc(OCC=C(C)c2ccccn2)cc1)C(=O)O. The van der Waals surface area contributed by atoms with Crippen molar-refractivity contribution in [1.82, 2.24) is 4.98 Å². The number of allylic oxidation sites excluding steroid dienone is 1. The van der Waals surface area contributed by atoms with Gasteiger partial charge in [-0.15, -0.1) is 0 Å². The molecular weight excluding hydrogens is 318 g/mol. The van der Waals surface area contributed by atoms with Crippen LogP contribution in [0.2, 0.25) is 0 Å². The Kier molecular flexibility index (Phi) is 7.16. The number of hydrogen-bond donors (Lipinski definition) is 1. The number of carboxylic acid groups (broad SMARTS) is 1. The molecule has 0 amide bonds. The minimum Gasteiger partial charge on any atom is -0.490 e. The van der Waals surface area contributed by atoms with Crippen LogP contribution in [0.4, 0.5) is 0 Å². The summed E-state index contributed by atoms with van der Waals surface area (Å²) in [4.78, 5) is 15.4. The summed E-state index contributed by atoms with van der Waals surface area (Å²) < 4.78 is 10.9. The summed E-state index contributed by atoms with van der Waals surface area (Å²) in [6, 6.07) is 13.2. The van der Waals surface area contributed by atoms with Gasteiger partial charge in [-0.05, 0) is 55.3 Å². The minimum atomic E-state index is -0.947. The van der Waals surface area contributed by atoms with E-state index in [0.29, 0.717) is 19.6 Å². The summed E-state index contributed by atoms with van der Waals surface area (Å²) in [5.41, 5.74) is 2.88. The zero-order valence-electron chi connectivity index (χ0n) is 14.5. The van der Waals surface area contributed by atoms with Crippen LogP contribution < -0.4 is 4.74 Å². The fourth-order valence-corrected chi connectivity index (χ4v) is 2.32. The number of nitrogens with zero attached hydrogens (tertiary/aromatic N) is 1. The van der Waals surface area contributed by atoms with E-state index in [-0.39, 0.29) is 0 Å². The maximum absolute atomic E-state index is 11.1. The molecule has 0 bridgehead atoms. The van der Waals surface area contributed by atoms with Gasteiger partial charge in [0.05, 0.1) is 5.69 Å². The molecule has 0 saturated carbocycles. The first kappa shape index (κ1) is 18.7. The van der Waals surface area contributed by atoms with Crippen molar-refractivity contribution in [2.45, 2.75) is 26.4 Å². The lowest BCUT2D eigenvalue weighted by Gasteiger charge is -2.12. The van der Waals surface area contributed by atoms with Gasteiger partial charge in [0.2, 0.25) is 0 Å². The molecule has 5 nitrogen and oxygen atoms in total. The molecule has 2 aromatic rings. The van der Waals surface area contributed by atoms with E-state index < -0.39 is 12.1 Å². The Morgan fingerprint density at radius 2 is 2.00 bits per heavy atom. The van der Waals surface area contributed by atoms with E-state index in [2.05, 4.69) is 4.98 Å². The van der Waals surface area contributed by atoms with Gasteiger partial charge in [-0.25, -0.2) is 4.79 Å². The Morgan fingerprint density at radius 3 is 2.60 bits per heavy atom. The molecule has 0 radical (unpaired) electrons. The molecule has 0 unspecified atom stereocenters. The van der Waals surface area contributed by atoms with Crippen molar-refractivity contribution in [3.63, 3.8) is 0 Å². The first-order valence-corrected chi connectivity index (χ1v) is 8.24. The van der Waals surface area contributed by atoms with E-state index >= 15 is 0 Å². The Bertz CT molecular complexity index is 695. The van der Waals surface area contributed by atoms with Crippen LogP contribution in [0.15, 0.2) is 54.7 Å². The second-order valence-electron chi connectivity index (χ2n) is 5.54. The van der Waals surface area contributed by atoms with Crippen LogP contribution in [-0.4, -0.2) is 35.4 Å². The van der Waals surface area contributed by atoms with Crippen LogP contribution in [0.25, 0.3) is 5.57 Å². The average molecular weight is 341 g/mol. The van der Waals surface area contributed by atoms with E-state index in [1.54, 1.807) is 13.1 Å². The number of pyridine rings is 1. The van der Waals surface area contributed by atoms with Crippen molar-refractivity contribution in [3.8, 4) is 5.75 Å². The third-order valence-electron chi connectivity index (χ3n) is 3.70. The summed E-state index contributed by atoms with van der Waals surface area (Å²) in [5, 5.41) is 9.12. The van der Waals surface area contributed by atoms with E-state index in [1.807, 2.05) is 55.5 Å². The van der Waals surface area contributed by atoms with Gasteiger partial charge < -0.3 is 14.6 Å². The number of carboxylic acids is 1. The summed E-state index contributed by atoms with van der Waals surface area (Å²) in [6.07, 6.45) is 3.26. The first-order valence-electron chi connectivity index (χ1n) is 8.24. The minimum absolute atomic E-state index is 0.335. The van der Waals surface area contributed by atoms with Gasteiger partial charge in [-0.2, -0.15) is 0 Å². The lowest BCUT2D eigenvalue weighted by molar-refractivity contribution is -0.149. The average Bonchev–Trinajstić information content (AvgIpc) is 2.63. The highest BCUT2D eigenvalue weighted by molar-refractivity contribution is 5.72. The summed E-state index contributed by atoms with van der Waals surface area (Å²) in [5.74, 6) is -0.214. The van der Waals surface area contributed by atoms with Gasteiger partial charge in [-0.1, -0.05) is 18.2 Å².